The molecule has 0 spiro atoms. The van der Waals surface area contributed by atoms with Crippen LogP contribution >= 0.6 is 0 Å². The number of carbonyl (C=O) groups excluding carboxylic acids is 1. The monoisotopic (exact) mass is 495 g/mol. The van der Waals surface area contributed by atoms with Crippen molar-refractivity contribution in [2.24, 2.45) is 0 Å². The number of aromatic nitrogens is 2. The number of hydrogen-bond donors (Lipinski definition) is 1. The Morgan fingerprint density at radius 1 is 1.03 bits per heavy atom. The van der Waals surface area contributed by atoms with Crippen molar-refractivity contribution in [2.75, 3.05) is 25.1 Å². The highest BCUT2D eigenvalue weighted by molar-refractivity contribution is 5.77. The molecule has 35 heavy (non-hydrogen) atoms. The topological polar surface area (TPSA) is 67.6 Å². The smallest absolute Gasteiger partial charge is 0.450 e. The van der Waals surface area contributed by atoms with E-state index in [4.69, 9.17) is 4.74 Å². The lowest BCUT2D eigenvalue weighted by Gasteiger charge is -2.21. The van der Waals surface area contributed by atoms with Gasteiger partial charge in [-0.25, -0.2) is 4.98 Å². The Morgan fingerprint density at radius 3 is 2.23 bits per heavy atom. The maximum atomic E-state index is 13.6. The van der Waals surface area contributed by atoms with Gasteiger partial charge in [0.15, 0.2) is 12.0 Å². The number of carbonyl (C=O) groups is 1. The van der Waals surface area contributed by atoms with Gasteiger partial charge in [0, 0.05) is 24.8 Å². The van der Waals surface area contributed by atoms with Crippen LogP contribution in [0.25, 0.3) is 5.69 Å². The lowest BCUT2D eigenvalue weighted by atomic mass is 10.1. The molecule has 1 aliphatic rings. The van der Waals surface area contributed by atoms with Gasteiger partial charge < -0.3 is 14.7 Å². The largest absolute Gasteiger partial charge is 0.494 e. The van der Waals surface area contributed by atoms with Crippen molar-refractivity contribution in [1.29, 1.82) is 0 Å². The molecule has 1 N–H and O–H groups in total. The molecule has 0 bridgehead atoms. The summed E-state index contributed by atoms with van der Waals surface area (Å²) in [5, 5.41) is 10.3. The maximum Gasteiger partial charge on any atom is 0.450 e. The van der Waals surface area contributed by atoms with Crippen molar-refractivity contribution >= 4 is 12.0 Å². The van der Waals surface area contributed by atoms with Crippen molar-refractivity contribution < 1.29 is 27.8 Å². The first-order valence-corrected chi connectivity index (χ1v) is 12.6. The summed E-state index contributed by atoms with van der Waals surface area (Å²) in [6.07, 6.45) is 8.51. The van der Waals surface area contributed by atoms with Gasteiger partial charge in [0.1, 0.15) is 5.75 Å². The van der Waals surface area contributed by atoms with Crippen molar-refractivity contribution in [3.05, 3.63) is 29.2 Å². The summed E-state index contributed by atoms with van der Waals surface area (Å²) in [5.74, 6) is -2.05. The van der Waals surface area contributed by atoms with Crippen LogP contribution in [-0.2, 0) is 12.6 Å². The predicted octanol–water partition coefficient (Wildman–Crippen LogP) is 6.70. The summed E-state index contributed by atoms with van der Waals surface area (Å²) in [6, 6.07) is 3.31. The number of imidazole rings is 1. The van der Waals surface area contributed by atoms with Gasteiger partial charge in [0.05, 0.1) is 12.8 Å². The van der Waals surface area contributed by atoms with E-state index in [1.165, 1.54) is 58.5 Å². The van der Waals surface area contributed by atoms with Gasteiger partial charge in [0.25, 0.3) is 0 Å². The second-order valence-corrected chi connectivity index (χ2v) is 9.17. The highest BCUT2D eigenvalue weighted by Gasteiger charge is 2.40. The minimum atomic E-state index is -4.86. The van der Waals surface area contributed by atoms with E-state index in [-0.39, 0.29) is 17.7 Å². The summed E-state index contributed by atoms with van der Waals surface area (Å²) in [7, 11) is 1.37. The molecule has 6 nitrogen and oxygen atoms in total. The normalized spacial score (nSPS) is 13.3. The molecule has 0 fully saturated rings. The fourth-order valence-corrected chi connectivity index (χ4v) is 4.76. The number of unbranched alkanes of at least 4 members (excludes halogenated alkanes) is 9. The molecule has 1 aliphatic heterocycles. The lowest BCUT2D eigenvalue weighted by Crippen LogP contribution is -2.21. The van der Waals surface area contributed by atoms with Crippen LogP contribution in [0.3, 0.4) is 0 Å². The quantitative estimate of drug-likeness (QED) is 0.233. The van der Waals surface area contributed by atoms with E-state index < -0.39 is 23.6 Å². The number of hydrogen-bond acceptors (Lipinski definition) is 5. The Kier molecular flexibility index (Phi) is 9.46. The summed E-state index contributed by atoms with van der Waals surface area (Å²) in [5.41, 5.74) is 1.16. The number of benzene rings is 1. The lowest BCUT2D eigenvalue weighted by molar-refractivity contribution is -0.146. The van der Waals surface area contributed by atoms with Crippen molar-refractivity contribution in [3.8, 4) is 17.3 Å². The molecule has 0 saturated heterocycles. The van der Waals surface area contributed by atoms with E-state index in [0.29, 0.717) is 11.0 Å². The van der Waals surface area contributed by atoms with E-state index >= 15 is 0 Å². The second kappa shape index (κ2) is 12.3. The zero-order valence-corrected chi connectivity index (χ0v) is 20.7. The number of aldehydes is 1. The van der Waals surface area contributed by atoms with Crippen molar-refractivity contribution in [1.82, 2.24) is 9.55 Å². The third-order valence-electron chi connectivity index (χ3n) is 6.64. The highest BCUT2D eigenvalue weighted by atomic mass is 19.4. The summed E-state index contributed by atoms with van der Waals surface area (Å²) in [6.45, 7) is 3.89. The third kappa shape index (κ3) is 6.49. The average molecular weight is 496 g/mol. The number of aromatic hydroxyl groups is 1. The molecule has 2 aromatic rings. The number of fused-ring (bicyclic) bond motifs is 1. The highest BCUT2D eigenvalue weighted by Crippen LogP contribution is 2.41. The number of rotatable bonds is 14. The van der Waals surface area contributed by atoms with Gasteiger partial charge >= 0.3 is 6.18 Å². The molecule has 194 valence electrons. The van der Waals surface area contributed by atoms with E-state index in [1.54, 1.807) is 12.1 Å². The van der Waals surface area contributed by atoms with E-state index in [1.807, 2.05) is 0 Å². The summed E-state index contributed by atoms with van der Waals surface area (Å²) in [4.78, 5) is 16.7. The van der Waals surface area contributed by atoms with Crippen LogP contribution in [-0.4, -0.2) is 41.1 Å². The van der Waals surface area contributed by atoms with E-state index in [9.17, 15) is 23.1 Å². The van der Waals surface area contributed by atoms with Gasteiger partial charge in [-0.05, 0) is 24.5 Å². The molecule has 9 heteroatoms. The van der Waals surface area contributed by atoms with Crippen LogP contribution in [0.15, 0.2) is 12.1 Å². The minimum absolute atomic E-state index is 0.0115. The first-order chi connectivity index (χ1) is 16.8. The Balaban J connectivity index is 1.66. The van der Waals surface area contributed by atoms with Crippen LogP contribution in [0, 0.1) is 0 Å². The average Bonchev–Trinajstić information content (AvgIpc) is 3.39. The molecule has 0 saturated carbocycles. The van der Waals surface area contributed by atoms with E-state index in [0.717, 1.165) is 37.2 Å². The second-order valence-electron chi connectivity index (χ2n) is 9.17. The van der Waals surface area contributed by atoms with Gasteiger partial charge in [-0.1, -0.05) is 64.7 Å². The molecule has 1 aromatic heterocycles. The van der Waals surface area contributed by atoms with Crippen LogP contribution in [0.5, 0.6) is 11.6 Å². The van der Waals surface area contributed by atoms with Crippen LogP contribution in [0.2, 0.25) is 0 Å². The number of anilines is 1. The maximum absolute atomic E-state index is 13.6. The molecule has 3 rings (SSSR count). The molecule has 0 radical (unpaired) electrons. The number of methoxy groups -OCH3 is 1. The summed E-state index contributed by atoms with van der Waals surface area (Å²) >= 11 is 0. The number of ether oxygens (including phenoxy) is 1. The molecular weight excluding hydrogens is 459 g/mol. The zero-order valence-electron chi connectivity index (χ0n) is 20.7. The van der Waals surface area contributed by atoms with E-state index in [2.05, 4.69) is 16.8 Å². The molecular formula is C26H36F3N3O3. The fraction of sp³-hybridized carbons (Fsp3) is 0.615. The van der Waals surface area contributed by atoms with Crippen molar-refractivity contribution in [2.45, 2.75) is 83.7 Å². The molecule has 0 amide bonds. The number of nitrogens with zero attached hydrogens (tertiary/aromatic N) is 3. The predicted molar refractivity (Wildman–Crippen MR) is 130 cm³/mol. The van der Waals surface area contributed by atoms with Crippen LogP contribution in [0.4, 0.5) is 18.9 Å². The third-order valence-corrected chi connectivity index (χ3v) is 6.64. The molecule has 2 heterocycles. The standard InChI is InChI=1S/C26H36F3N3O3/c1-3-4-5-6-7-8-9-10-11-12-14-31-15-13-19-16-22(23(35-2)17-21(19)31)32-24(34)20(18-33)30-25(32)26(27,28)29/h16-18,34H,3-15H2,1-2H3. The van der Waals surface area contributed by atoms with Crippen LogP contribution < -0.4 is 9.64 Å². The Hall–Kier alpha value is -2.71. The van der Waals surface area contributed by atoms with Gasteiger partial charge in [-0.2, -0.15) is 13.2 Å². The van der Waals surface area contributed by atoms with Gasteiger partial charge in [0.2, 0.25) is 11.7 Å². The SMILES string of the molecule is CCCCCCCCCCCCN1CCc2cc(-n3c(C(F)(F)F)nc(C=O)c3O)c(OC)cc21. The van der Waals surface area contributed by atoms with Gasteiger partial charge in [-0.3, -0.25) is 9.36 Å². The Labute approximate surface area is 205 Å². The molecule has 1 aromatic carbocycles. The zero-order chi connectivity index (χ0) is 25.4. The Morgan fingerprint density at radius 2 is 1.66 bits per heavy atom. The van der Waals surface area contributed by atoms with Crippen molar-refractivity contribution in [3.63, 3.8) is 0 Å². The van der Waals surface area contributed by atoms with Crippen LogP contribution in [0.1, 0.15) is 93.0 Å². The number of halogens is 3. The summed E-state index contributed by atoms with van der Waals surface area (Å²) < 4.78 is 46.7. The Bertz CT molecular complexity index is 988. The first kappa shape index (κ1) is 26.9. The molecule has 0 atom stereocenters. The molecule has 0 unspecified atom stereocenters. The number of alkyl halides is 3. The first-order valence-electron chi connectivity index (χ1n) is 12.6. The minimum Gasteiger partial charge on any atom is -0.494 e. The fourth-order valence-electron chi connectivity index (χ4n) is 4.76. The molecule has 0 aliphatic carbocycles. The van der Waals surface area contributed by atoms with Gasteiger partial charge in [-0.15, -0.1) is 0 Å².